The lowest BCUT2D eigenvalue weighted by Crippen LogP contribution is -2.50. The molecule has 52 valence electrons. The van der Waals surface area contributed by atoms with Crippen molar-refractivity contribution in [3.05, 3.63) is 0 Å². The molecule has 1 aliphatic heterocycles. The van der Waals surface area contributed by atoms with Gasteiger partial charge >= 0.3 is 0 Å². The first-order chi connectivity index (χ1) is 4.18. The van der Waals surface area contributed by atoms with Crippen molar-refractivity contribution in [3.63, 3.8) is 0 Å². The second-order valence-corrected chi connectivity index (χ2v) is 2.42. The molecule has 0 amide bonds. The zero-order valence-corrected chi connectivity index (χ0v) is 6.10. The van der Waals surface area contributed by atoms with Gasteiger partial charge in [-0.05, 0) is 20.8 Å². The highest BCUT2D eigenvalue weighted by molar-refractivity contribution is 5.80. The van der Waals surface area contributed by atoms with Gasteiger partial charge in [0.05, 0.1) is 12.0 Å². The second-order valence-electron chi connectivity index (χ2n) is 2.42. The Hall–Kier alpha value is -0.570. The molecule has 2 unspecified atom stereocenters. The van der Waals surface area contributed by atoms with E-state index in [2.05, 4.69) is 22.5 Å². The van der Waals surface area contributed by atoms with Gasteiger partial charge in [0.1, 0.15) is 6.17 Å². The third-order valence-corrected chi connectivity index (χ3v) is 1.30. The average molecular weight is 127 g/mol. The number of nitrogens with one attached hydrogen (secondary N) is 2. The standard InChI is InChI=1S/C6H13N3/c1-4-7-5(2)9-6(3)8-4/h4-5,7H,1-3H3,(H,8,9). The lowest BCUT2D eigenvalue weighted by atomic mass is 10.4. The molecule has 0 bridgehead atoms. The van der Waals surface area contributed by atoms with Crippen LogP contribution in [0, 0.1) is 0 Å². The van der Waals surface area contributed by atoms with Gasteiger partial charge in [-0.1, -0.05) is 0 Å². The Bertz CT molecular complexity index is 130. The molecule has 0 fully saturated rings. The van der Waals surface area contributed by atoms with Crippen LogP contribution in [-0.4, -0.2) is 18.2 Å². The molecular weight excluding hydrogens is 114 g/mol. The molecule has 1 rings (SSSR count). The zero-order chi connectivity index (χ0) is 6.85. The maximum absolute atomic E-state index is 4.23. The SMILES string of the molecule is CC1=NC(C)NC(C)N1. The van der Waals surface area contributed by atoms with Crippen molar-refractivity contribution in [1.82, 2.24) is 10.6 Å². The maximum Gasteiger partial charge on any atom is 0.100 e. The van der Waals surface area contributed by atoms with Crippen molar-refractivity contribution in [1.29, 1.82) is 0 Å². The van der Waals surface area contributed by atoms with Crippen molar-refractivity contribution in [2.24, 2.45) is 4.99 Å². The first-order valence-electron chi connectivity index (χ1n) is 3.25. The van der Waals surface area contributed by atoms with Crippen LogP contribution in [0.25, 0.3) is 0 Å². The van der Waals surface area contributed by atoms with E-state index in [1.165, 1.54) is 0 Å². The Morgan fingerprint density at radius 3 is 2.56 bits per heavy atom. The lowest BCUT2D eigenvalue weighted by molar-refractivity contribution is 0.431. The minimum atomic E-state index is 0.265. The molecule has 9 heavy (non-hydrogen) atoms. The summed E-state index contributed by atoms with van der Waals surface area (Å²) in [6.07, 6.45) is 0.624. The summed E-state index contributed by atoms with van der Waals surface area (Å²) in [6.45, 7) is 6.10. The molecule has 0 saturated heterocycles. The lowest BCUT2D eigenvalue weighted by Gasteiger charge is -2.25. The summed E-state index contributed by atoms with van der Waals surface area (Å²) in [4.78, 5) is 4.23. The molecule has 0 aromatic rings. The Morgan fingerprint density at radius 2 is 2.11 bits per heavy atom. The molecule has 0 aliphatic carbocycles. The van der Waals surface area contributed by atoms with Gasteiger partial charge in [-0.2, -0.15) is 0 Å². The second kappa shape index (κ2) is 2.35. The summed E-state index contributed by atoms with van der Waals surface area (Å²) in [5.74, 6) is 1.02. The highest BCUT2D eigenvalue weighted by Gasteiger charge is 2.10. The van der Waals surface area contributed by atoms with Crippen molar-refractivity contribution in [2.45, 2.75) is 33.1 Å². The van der Waals surface area contributed by atoms with Gasteiger partial charge in [-0.15, -0.1) is 0 Å². The fourth-order valence-corrected chi connectivity index (χ4v) is 1.08. The number of rotatable bonds is 0. The molecule has 0 spiro atoms. The van der Waals surface area contributed by atoms with E-state index in [-0.39, 0.29) is 6.17 Å². The monoisotopic (exact) mass is 127 g/mol. The molecule has 0 radical (unpaired) electrons. The largest absolute Gasteiger partial charge is 0.359 e. The van der Waals surface area contributed by atoms with Crippen LogP contribution in [0.4, 0.5) is 0 Å². The van der Waals surface area contributed by atoms with Gasteiger partial charge in [-0.3, -0.25) is 10.3 Å². The highest BCUT2D eigenvalue weighted by atomic mass is 15.3. The highest BCUT2D eigenvalue weighted by Crippen LogP contribution is 1.93. The number of nitrogens with zero attached hydrogens (tertiary/aromatic N) is 1. The molecular formula is C6H13N3. The van der Waals surface area contributed by atoms with Gasteiger partial charge in [-0.25, -0.2) is 0 Å². The van der Waals surface area contributed by atoms with Crippen LogP contribution in [0.2, 0.25) is 0 Å². The van der Waals surface area contributed by atoms with E-state index < -0.39 is 0 Å². The normalized spacial score (nSPS) is 35.2. The molecule has 2 N–H and O–H groups in total. The quantitative estimate of drug-likeness (QED) is 0.490. The zero-order valence-electron chi connectivity index (χ0n) is 6.10. The van der Waals surface area contributed by atoms with Gasteiger partial charge in [0.15, 0.2) is 0 Å². The van der Waals surface area contributed by atoms with Crippen LogP contribution in [0.1, 0.15) is 20.8 Å². The number of hydrogen-bond donors (Lipinski definition) is 2. The van der Waals surface area contributed by atoms with Crippen molar-refractivity contribution < 1.29 is 0 Å². The summed E-state index contributed by atoms with van der Waals surface area (Å²) < 4.78 is 0. The molecule has 3 heteroatoms. The Balaban J connectivity index is 2.56. The third kappa shape index (κ3) is 1.68. The van der Waals surface area contributed by atoms with Crippen LogP contribution in [-0.2, 0) is 0 Å². The van der Waals surface area contributed by atoms with Crippen molar-refractivity contribution in [2.75, 3.05) is 0 Å². The summed E-state index contributed by atoms with van der Waals surface area (Å²) in [6, 6.07) is 0. The summed E-state index contributed by atoms with van der Waals surface area (Å²) in [7, 11) is 0. The van der Waals surface area contributed by atoms with Crippen molar-refractivity contribution >= 4 is 5.84 Å². The molecule has 0 aromatic carbocycles. The molecule has 0 aromatic heterocycles. The average Bonchev–Trinajstić information content (AvgIpc) is 1.59. The van der Waals surface area contributed by atoms with Crippen LogP contribution in [0.5, 0.6) is 0 Å². The molecule has 3 nitrogen and oxygen atoms in total. The third-order valence-electron chi connectivity index (χ3n) is 1.30. The Labute approximate surface area is 55.6 Å². The fraction of sp³-hybridized carbons (Fsp3) is 0.833. The molecule has 2 atom stereocenters. The number of hydrogen-bond acceptors (Lipinski definition) is 3. The van der Waals surface area contributed by atoms with Gasteiger partial charge < -0.3 is 5.32 Å². The van der Waals surface area contributed by atoms with E-state index in [1.54, 1.807) is 0 Å². The Morgan fingerprint density at radius 1 is 1.44 bits per heavy atom. The predicted molar refractivity (Wildman–Crippen MR) is 38.3 cm³/mol. The van der Waals surface area contributed by atoms with E-state index in [4.69, 9.17) is 0 Å². The smallest absolute Gasteiger partial charge is 0.100 e. The maximum atomic E-state index is 4.23. The Kier molecular flexibility index (Phi) is 1.71. The van der Waals surface area contributed by atoms with Gasteiger partial charge in [0.25, 0.3) is 0 Å². The minimum Gasteiger partial charge on any atom is -0.359 e. The first kappa shape index (κ1) is 6.55. The fourth-order valence-electron chi connectivity index (χ4n) is 1.08. The predicted octanol–water partition coefficient (Wildman–Crippen LogP) is 0.290. The van der Waals surface area contributed by atoms with E-state index in [0.29, 0.717) is 6.17 Å². The van der Waals surface area contributed by atoms with Crippen LogP contribution >= 0.6 is 0 Å². The van der Waals surface area contributed by atoms with Crippen LogP contribution in [0.15, 0.2) is 4.99 Å². The van der Waals surface area contributed by atoms with Crippen LogP contribution in [0.3, 0.4) is 0 Å². The van der Waals surface area contributed by atoms with E-state index >= 15 is 0 Å². The van der Waals surface area contributed by atoms with E-state index in [0.717, 1.165) is 5.84 Å². The van der Waals surface area contributed by atoms with Gasteiger partial charge in [0.2, 0.25) is 0 Å². The molecule has 1 heterocycles. The topological polar surface area (TPSA) is 36.4 Å². The van der Waals surface area contributed by atoms with E-state index in [9.17, 15) is 0 Å². The van der Waals surface area contributed by atoms with Crippen molar-refractivity contribution in [3.8, 4) is 0 Å². The molecule has 1 aliphatic rings. The van der Waals surface area contributed by atoms with Crippen LogP contribution < -0.4 is 10.6 Å². The summed E-state index contributed by atoms with van der Waals surface area (Å²) >= 11 is 0. The summed E-state index contributed by atoms with van der Waals surface area (Å²) in [5.41, 5.74) is 0. The number of aliphatic imine (C=N–C) groups is 1. The number of amidine groups is 1. The summed E-state index contributed by atoms with van der Waals surface area (Å²) in [5, 5.41) is 6.36. The minimum absolute atomic E-state index is 0.265. The first-order valence-corrected chi connectivity index (χ1v) is 3.25. The van der Waals surface area contributed by atoms with Gasteiger partial charge in [0, 0.05) is 0 Å². The van der Waals surface area contributed by atoms with E-state index in [1.807, 2.05) is 13.8 Å². The molecule has 0 saturated carbocycles.